The number of hydrogen-bond acceptors (Lipinski definition) is 4. The van der Waals surface area contributed by atoms with Crippen molar-refractivity contribution in [1.82, 2.24) is 9.97 Å². The van der Waals surface area contributed by atoms with Gasteiger partial charge in [0.1, 0.15) is 5.03 Å². The van der Waals surface area contributed by atoms with E-state index < -0.39 is 10.8 Å². The second kappa shape index (κ2) is 5.29. The molecule has 1 aromatic carbocycles. The number of carbonyl (C=O) groups excluding carboxylic acids is 1. The number of carbonyl (C=O) groups is 1. The fraction of sp³-hybridized carbons (Fsp3) is 0.200. The third-order valence-corrected chi connectivity index (χ3v) is 4.08. The summed E-state index contributed by atoms with van der Waals surface area (Å²) in [7, 11) is -1.15. The van der Waals surface area contributed by atoms with Gasteiger partial charge in [-0.15, -0.1) is 0 Å². The number of nitrogens with zero attached hydrogens (tertiary/aromatic N) is 1. The first-order valence-corrected chi connectivity index (χ1v) is 8.08. The Balaban J connectivity index is 2.22. The highest BCUT2D eigenvalue weighted by Gasteiger charge is 2.12. The minimum absolute atomic E-state index is 0.341. The van der Waals surface area contributed by atoms with Gasteiger partial charge in [-0.25, -0.2) is 9.78 Å². The van der Waals surface area contributed by atoms with Crippen LogP contribution in [0, 0.1) is 0 Å². The molecule has 0 aliphatic rings. The van der Waals surface area contributed by atoms with E-state index in [4.69, 9.17) is 4.74 Å². The van der Waals surface area contributed by atoms with Crippen LogP contribution in [0.4, 0.5) is 0 Å². The predicted octanol–water partition coefficient (Wildman–Crippen LogP) is 2.63. The van der Waals surface area contributed by atoms with Gasteiger partial charge in [0.2, 0.25) is 0 Å². The summed E-state index contributed by atoms with van der Waals surface area (Å²) in [6.45, 7) is 2.12. The molecule has 0 saturated carbocycles. The molecule has 2 aromatic heterocycles. The molecule has 0 radical (unpaired) electrons. The fourth-order valence-corrected chi connectivity index (χ4v) is 2.76. The van der Waals surface area contributed by atoms with Crippen molar-refractivity contribution in [3.8, 4) is 0 Å². The quantitative estimate of drug-likeness (QED) is 0.755. The molecule has 0 bridgehead atoms. The van der Waals surface area contributed by atoms with Crippen molar-refractivity contribution in [2.24, 2.45) is 0 Å². The molecule has 0 fully saturated rings. The standard InChI is InChI=1S/C15H14N2O3S/c1-3-20-15(18)9-4-5-12-10(6-9)11-7-14(21(2)19)16-8-13(11)17-12/h4-8,17H,3H2,1-2H3. The van der Waals surface area contributed by atoms with Crippen LogP contribution < -0.4 is 0 Å². The molecule has 1 N–H and O–H groups in total. The molecular formula is C15H14N2O3S. The highest BCUT2D eigenvalue weighted by Crippen LogP contribution is 2.27. The average molecular weight is 302 g/mol. The van der Waals surface area contributed by atoms with Gasteiger partial charge in [0.25, 0.3) is 0 Å². The van der Waals surface area contributed by atoms with Crippen LogP contribution in [0.5, 0.6) is 0 Å². The summed E-state index contributed by atoms with van der Waals surface area (Å²) in [6.07, 6.45) is 3.25. The van der Waals surface area contributed by atoms with Crippen LogP contribution >= 0.6 is 0 Å². The molecule has 0 aliphatic carbocycles. The van der Waals surface area contributed by atoms with E-state index in [1.807, 2.05) is 6.07 Å². The minimum atomic E-state index is -1.15. The lowest BCUT2D eigenvalue weighted by Crippen LogP contribution is -2.03. The van der Waals surface area contributed by atoms with Gasteiger partial charge in [0.15, 0.2) is 0 Å². The van der Waals surface area contributed by atoms with Crippen LogP contribution in [0.25, 0.3) is 21.8 Å². The van der Waals surface area contributed by atoms with Crippen LogP contribution in [0.1, 0.15) is 17.3 Å². The van der Waals surface area contributed by atoms with Crippen LogP contribution in [0.2, 0.25) is 0 Å². The van der Waals surface area contributed by atoms with Gasteiger partial charge in [0.05, 0.1) is 34.7 Å². The number of ether oxygens (including phenoxy) is 1. The van der Waals surface area contributed by atoms with Crippen molar-refractivity contribution in [1.29, 1.82) is 0 Å². The highest BCUT2D eigenvalue weighted by atomic mass is 32.2. The molecular weight excluding hydrogens is 288 g/mol. The topological polar surface area (TPSA) is 72.1 Å². The maximum absolute atomic E-state index is 11.8. The second-order valence-corrected chi connectivity index (χ2v) is 5.95. The van der Waals surface area contributed by atoms with Crippen LogP contribution in [0.15, 0.2) is 35.5 Å². The first-order chi connectivity index (χ1) is 10.1. The van der Waals surface area contributed by atoms with Gasteiger partial charge in [-0.1, -0.05) is 0 Å². The Morgan fingerprint density at radius 3 is 2.76 bits per heavy atom. The Kier molecular flexibility index (Phi) is 3.47. The Hall–Kier alpha value is -2.21. The maximum atomic E-state index is 11.8. The van der Waals surface area contributed by atoms with Crippen LogP contribution in [0.3, 0.4) is 0 Å². The number of H-pyrrole nitrogens is 1. The molecule has 6 heteroatoms. The average Bonchev–Trinajstić information content (AvgIpc) is 2.84. The van der Waals surface area contributed by atoms with Crippen molar-refractivity contribution < 1.29 is 13.7 Å². The third-order valence-electron chi connectivity index (χ3n) is 3.26. The van der Waals surface area contributed by atoms with E-state index in [9.17, 15) is 9.00 Å². The van der Waals surface area contributed by atoms with Crippen molar-refractivity contribution in [3.63, 3.8) is 0 Å². The molecule has 0 saturated heterocycles. The number of rotatable bonds is 3. The molecule has 1 atom stereocenters. The number of pyridine rings is 1. The zero-order chi connectivity index (χ0) is 15.0. The lowest BCUT2D eigenvalue weighted by atomic mass is 10.1. The fourth-order valence-electron chi connectivity index (χ4n) is 2.28. The molecule has 3 rings (SSSR count). The molecule has 5 nitrogen and oxygen atoms in total. The molecule has 108 valence electrons. The largest absolute Gasteiger partial charge is 0.462 e. The second-order valence-electron chi connectivity index (χ2n) is 4.63. The molecule has 3 aromatic rings. The number of fused-ring (bicyclic) bond motifs is 3. The summed E-state index contributed by atoms with van der Waals surface area (Å²) in [5.74, 6) is -0.345. The lowest BCUT2D eigenvalue weighted by Gasteiger charge is -2.01. The Morgan fingerprint density at radius 1 is 1.29 bits per heavy atom. The smallest absolute Gasteiger partial charge is 0.338 e. The number of aromatic amines is 1. The van der Waals surface area contributed by atoms with Gasteiger partial charge in [-0.3, -0.25) is 4.21 Å². The number of aromatic nitrogens is 2. The van der Waals surface area contributed by atoms with Crippen LogP contribution in [-0.2, 0) is 15.5 Å². The summed E-state index contributed by atoms with van der Waals surface area (Å²) in [4.78, 5) is 19.2. The van der Waals surface area contributed by atoms with Gasteiger partial charge in [-0.05, 0) is 31.2 Å². The number of nitrogens with one attached hydrogen (secondary N) is 1. The summed E-state index contributed by atoms with van der Waals surface area (Å²) in [5, 5.41) is 2.31. The zero-order valence-electron chi connectivity index (χ0n) is 11.7. The van der Waals surface area contributed by atoms with E-state index in [0.29, 0.717) is 17.2 Å². The zero-order valence-corrected chi connectivity index (χ0v) is 12.5. The SMILES string of the molecule is CCOC(=O)c1ccc2[nH]c3cnc(S(C)=O)cc3c2c1. The van der Waals surface area contributed by atoms with Crippen LogP contribution in [-0.4, -0.2) is 33.0 Å². The van der Waals surface area contributed by atoms with E-state index >= 15 is 0 Å². The maximum Gasteiger partial charge on any atom is 0.338 e. The molecule has 21 heavy (non-hydrogen) atoms. The summed E-state index contributed by atoms with van der Waals surface area (Å²) < 4.78 is 16.6. The van der Waals surface area contributed by atoms with Gasteiger partial charge in [0, 0.05) is 22.5 Å². The van der Waals surface area contributed by atoms with Crippen molar-refractivity contribution in [3.05, 3.63) is 36.0 Å². The van der Waals surface area contributed by atoms with E-state index in [1.54, 1.807) is 37.6 Å². The van der Waals surface area contributed by atoms with E-state index in [2.05, 4.69) is 9.97 Å². The third kappa shape index (κ3) is 2.42. The Morgan fingerprint density at radius 2 is 2.05 bits per heavy atom. The van der Waals surface area contributed by atoms with E-state index in [0.717, 1.165) is 21.8 Å². The summed E-state index contributed by atoms with van der Waals surface area (Å²) >= 11 is 0. The van der Waals surface area contributed by atoms with Gasteiger partial charge in [-0.2, -0.15) is 0 Å². The highest BCUT2D eigenvalue weighted by molar-refractivity contribution is 7.84. The molecule has 1 unspecified atom stereocenters. The first-order valence-electron chi connectivity index (χ1n) is 6.52. The normalized spacial score (nSPS) is 12.7. The monoisotopic (exact) mass is 302 g/mol. The number of hydrogen-bond donors (Lipinski definition) is 1. The molecule has 0 spiro atoms. The van der Waals surface area contributed by atoms with E-state index in [1.165, 1.54) is 0 Å². The Bertz CT molecular complexity index is 870. The molecule has 0 amide bonds. The first kappa shape index (κ1) is 13.8. The van der Waals surface area contributed by atoms with Crippen molar-refractivity contribution >= 4 is 38.6 Å². The number of esters is 1. The minimum Gasteiger partial charge on any atom is -0.462 e. The Labute approximate surface area is 123 Å². The van der Waals surface area contributed by atoms with Crippen molar-refractivity contribution in [2.75, 3.05) is 12.9 Å². The predicted molar refractivity (Wildman–Crippen MR) is 81.9 cm³/mol. The van der Waals surface area contributed by atoms with Gasteiger partial charge >= 0.3 is 5.97 Å². The molecule has 0 aliphatic heterocycles. The summed E-state index contributed by atoms with van der Waals surface area (Å²) in [5.41, 5.74) is 2.25. The summed E-state index contributed by atoms with van der Waals surface area (Å²) in [6, 6.07) is 7.14. The van der Waals surface area contributed by atoms with Crippen molar-refractivity contribution in [2.45, 2.75) is 11.9 Å². The van der Waals surface area contributed by atoms with Gasteiger partial charge < -0.3 is 9.72 Å². The van der Waals surface area contributed by atoms with E-state index in [-0.39, 0.29) is 5.97 Å². The molecule has 2 heterocycles. The lowest BCUT2D eigenvalue weighted by molar-refractivity contribution is 0.0526. The number of benzene rings is 1.